The molecule has 0 atom stereocenters. The van der Waals surface area contributed by atoms with Crippen molar-refractivity contribution < 1.29 is 8.42 Å². The molecule has 1 aliphatic carbocycles. The fourth-order valence-corrected chi connectivity index (χ4v) is 4.89. The Balaban J connectivity index is 2.03. The molecule has 0 radical (unpaired) electrons. The lowest BCUT2D eigenvalue weighted by atomic mass is 10.3. The van der Waals surface area contributed by atoms with E-state index in [9.17, 15) is 8.42 Å². The fourth-order valence-electron chi connectivity index (χ4n) is 2.83. The van der Waals surface area contributed by atoms with Gasteiger partial charge in [-0.1, -0.05) is 25.8 Å². The van der Waals surface area contributed by atoms with Crippen molar-refractivity contribution in [3.8, 4) is 10.6 Å². The van der Waals surface area contributed by atoms with Crippen molar-refractivity contribution in [2.24, 2.45) is 0 Å². The van der Waals surface area contributed by atoms with Crippen LogP contribution in [0.4, 0.5) is 0 Å². The smallest absolute Gasteiger partial charge is 0.244 e. The predicted octanol–water partition coefficient (Wildman–Crippen LogP) is 3.42. The standard InChI is InChI=1S/C15H21N3O2S2/c1-2-9-16-22(19,20)14-11-18(12-6-3-4-7-12)17-15(14)13-8-5-10-21-13/h5,8,10-12,16H,2-4,6-7,9H2,1H3. The molecule has 7 heteroatoms. The highest BCUT2D eigenvalue weighted by molar-refractivity contribution is 7.89. The van der Waals surface area contributed by atoms with Gasteiger partial charge >= 0.3 is 0 Å². The van der Waals surface area contributed by atoms with Crippen molar-refractivity contribution in [3.63, 3.8) is 0 Å². The molecule has 0 spiro atoms. The van der Waals surface area contributed by atoms with Crippen LogP contribution in [0.2, 0.25) is 0 Å². The summed E-state index contributed by atoms with van der Waals surface area (Å²) in [7, 11) is -3.51. The summed E-state index contributed by atoms with van der Waals surface area (Å²) in [5.41, 5.74) is 0.575. The second kappa shape index (κ2) is 6.52. The minimum absolute atomic E-state index is 0.301. The summed E-state index contributed by atoms with van der Waals surface area (Å²) < 4.78 is 29.7. The van der Waals surface area contributed by atoms with Crippen molar-refractivity contribution in [2.45, 2.75) is 50.0 Å². The van der Waals surface area contributed by atoms with E-state index in [-0.39, 0.29) is 0 Å². The van der Waals surface area contributed by atoms with Gasteiger partial charge in [0.15, 0.2) is 0 Å². The highest BCUT2D eigenvalue weighted by Gasteiger charge is 2.27. The van der Waals surface area contributed by atoms with E-state index in [2.05, 4.69) is 9.82 Å². The van der Waals surface area contributed by atoms with Crippen molar-refractivity contribution in [1.29, 1.82) is 0 Å². The van der Waals surface area contributed by atoms with Gasteiger partial charge in [0.1, 0.15) is 10.6 Å². The van der Waals surface area contributed by atoms with Crippen LogP contribution in [0, 0.1) is 0 Å². The normalized spacial score (nSPS) is 16.4. The fraction of sp³-hybridized carbons (Fsp3) is 0.533. The first kappa shape index (κ1) is 15.7. The number of sulfonamides is 1. The van der Waals surface area contributed by atoms with E-state index < -0.39 is 10.0 Å². The lowest BCUT2D eigenvalue weighted by molar-refractivity contribution is 0.467. The van der Waals surface area contributed by atoms with Gasteiger partial charge in [-0.2, -0.15) is 5.10 Å². The lowest BCUT2D eigenvalue weighted by Gasteiger charge is -2.08. The Labute approximate surface area is 135 Å². The minimum Gasteiger partial charge on any atom is -0.268 e. The maximum Gasteiger partial charge on any atom is 0.244 e. The molecule has 120 valence electrons. The van der Waals surface area contributed by atoms with Gasteiger partial charge in [-0.3, -0.25) is 4.68 Å². The molecular weight excluding hydrogens is 318 g/mol. The number of nitrogens with zero attached hydrogens (tertiary/aromatic N) is 2. The molecule has 0 unspecified atom stereocenters. The first-order valence-electron chi connectivity index (χ1n) is 7.74. The van der Waals surface area contributed by atoms with Crippen molar-refractivity contribution in [2.75, 3.05) is 6.54 Å². The molecular formula is C15H21N3O2S2. The molecule has 0 aromatic carbocycles. The summed E-state index contributed by atoms with van der Waals surface area (Å²) in [6.07, 6.45) is 7.01. The summed E-state index contributed by atoms with van der Waals surface area (Å²) >= 11 is 1.52. The number of hydrogen-bond donors (Lipinski definition) is 1. The zero-order chi connectivity index (χ0) is 15.6. The summed E-state index contributed by atoms with van der Waals surface area (Å²) in [6.45, 7) is 2.39. The van der Waals surface area contributed by atoms with E-state index in [1.165, 1.54) is 24.2 Å². The van der Waals surface area contributed by atoms with Crippen molar-refractivity contribution in [1.82, 2.24) is 14.5 Å². The zero-order valence-corrected chi connectivity index (χ0v) is 14.3. The molecule has 1 saturated carbocycles. The van der Waals surface area contributed by atoms with Crippen molar-refractivity contribution >= 4 is 21.4 Å². The summed E-state index contributed by atoms with van der Waals surface area (Å²) in [5, 5.41) is 6.56. The first-order valence-corrected chi connectivity index (χ1v) is 10.1. The molecule has 1 N–H and O–H groups in total. The molecule has 1 aliphatic rings. The van der Waals surface area contributed by atoms with Gasteiger partial charge in [0.05, 0.1) is 10.9 Å². The second-order valence-electron chi connectivity index (χ2n) is 5.64. The summed E-state index contributed by atoms with van der Waals surface area (Å²) in [6, 6.07) is 4.17. The highest BCUT2D eigenvalue weighted by atomic mass is 32.2. The predicted molar refractivity (Wildman–Crippen MR) is 88.5 cm³/mol. The molecule has 1 fully saturated rings. The van der Waals surface area contributed by atoms with Crippen LogP contribution in [0.15, 0.2) is 28.6 Å². The van der Waals surface area contributed by atoms with E-state index in [0.717, 1.165) is 24.1 Å². The van der Waals surface area contributed by atoms with Crippen LogP contribution < -0.4 is 4.72 Å². The Hall–Kier alpha value is -1.18. The zero-order valence-electron chi connectivity index (χ0n) is 12.7. The van der Waals surface area contributed by atoms with Gasteiger partial charge in [-0.05, 0) is 30.7 Å². The van der Waals surface area contributed by atoms with E-state index in [1.54, 1.807) is 6.20 Å². The van der Waals surface area contributed by atoms with Crippen LogP contribution in [0.3, 0.4) is 0 Å². The molecule has 0 bridgehead atoms. The van der Waals surface area contributed by atoms with Crippen LogP contribution >= 0.6 is 11.3 Å². The summed E-state index contributed by atoms with van der Waals surface area (Å²) in [4.78, 5) is 1.20. The van der Waals surface area contributed by atoms with Crippen molar-refractivity contribution in [3.05, 3.63) is 23.7 Å². The third-order valence-corrected chi connectivity index (χ3v) is 6.32. The van der Waals surface area contributed by atoms with Crippen LogP contribution in [0.25, 0.3) is 10.6 Å². The van der Waals surface area contributed by atoms with E-state index in [1.807, 2.05) is 29.1 Å². The average molecular weight is 339 g/mol. The van der Waals surface area contributed by atoms with Crippen LogP contribution in [0.1, 0.15) is 45.1 Å². The quantitative estimate of drug-likeness (QED) is 0.877. The monoisotopic (exact) mass is 339 g/mol. The third-order valence-electron chi connectivity index (χ3n) is 3.98. The van der Waals surface area contributed by atoms with Gasteiger partial charge in [-0.15, -0.1) is 11.3 Å². The van der Waals surface area contributed by atoms with E-state index in [0.29, 0.717) is 23.2 Å². The lowest BCUT2D eigenvalue weighted by Crippen LogP contribution is -2.24. The Kier molecular flexibility index (Phi) is 4.65. The number of nitrogens with one attached hydrogen (secondary N) is 1. The second-order valence-corrected chi connectivity index (χ2v) is 8.32. The Morgan fingerprint density at radius 3 is 2.82 bits per heavy atom. The van der Waals surface area contributed by atoms with Gasteiger partial charge in [0.25, 0.3) is 0 Å². The van der Waals surface area contributed by atoms with Gasteiger partial charge in [0.2, 0.25) is 10.0 Å². The number of hydrogen-bond acceptors (Lipinski definition) is 4. The average Bonchev–Trinajstić information content (AvgIpc) is 3.24. The molecule has 2 heterocycles. The van der Waals surface area contributed by atoms with E-state index >= 15 is 0 Å². The van der Waals surface area contributed by atoms with Gasteiger partial charge in [0, 0.05) is 12.7 Å². The molecule has 0 amide bonds. The number of aromatic nitrogens is 2. The molecule has 5 nitrogen and oxygen atoms in total. The molecule has 2 aromatic heterocycles. The van der Waals surface area contributed by atoms with Crippen LogP contribution in [-0.4, -0.2) is 24.7 Å². The van der Waals surface area contributed by atoms with Crippen LogP contribution in [-0.2, 0) is 10.0 Å². The topological polar surface area (TPSA) is 64.0 Å². The van der Waals surface area contributed by atoms with E-state index in [4.69, 9.17) is 0 Å². The Morgan fingerprint density at radius 2 is 2.18 bits per heavy atom. The van der Waals surface area contributed by atoms with Gasteiger partial charge in [-0.25, -0.2) is 13.1 Å². The molecule has 3 rings (SSSR count). The minimum atomic E-state index is -3.51. The Bertz CT molecular complexity index is 714. The Morgan fingerprint density at radius 1 is 1.41 bits per heavy atom. The maximum absolute atomic E-state index is 12.6. The number of thiophene rings is 1. The maximum atomic E-state index is 12.6. The van der Waals surface area contributed by atoms with Crippen LogP contribution in [0.5, 0.6) is 0 Å². The highest BCUT2D eigenvalue weighted by Crippen LogP contribution is 2.34. The first-order chi connectivity index (χ1) is 10.6. The molecule has 2 aromatic rings. The van der Waals surface area contributed by atoms with Gasteiger partial charge < -0.3 is 0 Å². The molecule has 0 saturated heterocycles. The summed E-state index contributed by atoms with van der Waals surface area (Å²) in [5.74, 6) is 0. The number of rotatable bonds is 6. The largest absolute Gasteiger partial charge is 0.268 e. The SMILES string of the molecule is CCCNS(=O)(=O)c1cn(C2CCCC2)nc1-c1cccs1. The molecule has 0 aliphatic heterocycles. The molecule has 22 heavy (non-hydrogen) atoms. The third kappa shape index (κ3) is 3.11.